The van der Waals surface area contributed by atoms with Gasteiger partial charge in [0, 0.05) is 19.9 Å². The molecule has 74 valence electrons. The van der Waals surface area contributed by atoms with Crippen LogP contribution in [0.2, 0.25) is 0 Å². The molecule has 0 bridgehead atoms. The minimum absolute atomic E-state index is 0. The Hall–Kier alpha value is -0.580. The number of primary amides is 1. The molecule has 6 heteroatoms. The van der Waals surface area contributed by atoms with Crippen molar-refractivity contribution in [1.82, 2.24) is 5.32 Å². The van der Waals surface area contributed by atoms with E-state index in [4.69, 9.17) is 0 Å². The molecule has 1 aliphatic carbocycles. The van der Waals surface area contributed by atoms with Gasteiger partial charge in [0.25, 0.3) is 0 Å². The lowest BCUT2D eigenvalue weighted by Crippen LogP contribution is -2.24. The molecule has 3 nitrogen and oxygen atoms in total. The highest BCUT2D eigenvalue weighted by Gasteiger charge is 2.36. The number of hydrogen-bond acceptors (Lipinski definition) is 1. The molecule has 0 heterocycles. The van der Waals surface area contributed by atoms with E-state index in [2.05, 4.69) is 11.1 Å². The Kier molecular flexibility index (Phi) is 6.98. The second-order valence-corrected chi connectivity index (χ2v) is 2.32. The number of urea groups is 1. The molecule has 2 amide bonds. The van der Waals surface area contributed by atoms with Crippen LogP contribution in [0.1, 0.15) is 19.3 Å². The number of alkyl halides is 2. The van der Waals surface area contributed by atoms with Crippen molar-refractivity contribution in [3.8, 4) is 0 Å². The highest BCUT2D eigenvalue weighted by molar-refractivity contribution is 5.85. The van der Waals surface area contributed by atoms with Crippen LogP contribution in [0.4, 0.5) is 13.6 Å². The van der Waals surface area contributed by atoms with Crippen molar-refractivity contribution in [2.75, 3.05) is 7.05 Å². The second kappa shape index (κ2) is 5.99. The van der Waals surface area contributed by atoms with Crippen molar-refractivity contribution in [2.45, 2.75) is 25.2 Å². The summed E-state index contributed by atoms with van der Waals surface area (Å²) in [5, 5.41) is 2.17. The van der Waals surface area contributed by atoms with Crippen molar-refractivity contribution in [3.63, 3.8) is 0 Å². The van der Waals surface area contributed by atoms with Crippen LogP contribution in [0.3, 0.4) is 0 Å². The van der Waals surface area contributed by atoms with E-state index in [0.29, 0.717) is 6.42 Å². The van der Waals surface area contributed by atoms with Crippen LogP contribution in [0, 0.1) is 0 Å². The molecule has 0 aromatic heterocycles. The van der Waals surface area contributed by atoms with Gasteiger partial charge in [-0.1, -0.05) is 0 Å². The van der Waals surface area contributed by atoms with Gasteiger partial charge in [-0.15, -0.1) is 12.4 Å². The van der Waals surface area contributed by atoms with E-state index in [0.717, 1.165) is 0 Å². The fourth-order valence-electron chi connectivity index (χ4n) is 0.444. The van der Waals surface area contributed by atoms with E-state index in [-0.39, 0.29) is 25.2 Å². The van der Waals surface area contributed by atoms with E-state index in [1.165, 1.54) is 7.05 Å². The summed E-state index contributed by atoms with van der Waals surface area (Å²) in [6, 6.07) is -0.495. The number of carbonyl (C=O) groups excluding carboxylic acids is 1. The third-order valence-electron chi connectivity index (χ3n) is 1.33. The Morgan fingerprint density at radius 2 is 1.75 bits per heavy atom. The molecule has 0 aromatic rings. The highest BCUT2D eigenvalue weighted by Crippen LogP contribution is 2.36. The van der Waals surface area contributed by atoms with Crippen LogP contribution in [0.15, 0.2) is 0 Å². The lowest BCUT2D eigenvalue weighted by atomic mass is 9.95. The SMILES string of the molecule is CNC(N)=O.Cl.FC1(F)CCC1. The van der Waals surface area contributed by atoms with Gasteiger partial charge in [-0.3, -0.25) is 0 Å². The summed E-state index contributed by atoms with van der Waals surface area (Å²) in [5.41, 5.74) is 4.54. The first kappa shape index (κ1) is 14.0. The Bertz CT molecular complexity index is 138. The van der Waals surface area contributed by atoms with Crippen LogP contribution in [0.5, 0.6) is 0 Å². The third kappa shape index (κ3) is 7.53. The van der Waals surface area contributed by atoms with E-state index >= 15 is 0 Å². The molecule has 1 aliphatic rings. The predicted molar refractivity (Wildman–Crippen MR) is 44.7 cm³/mol. The van der Waals surface area contributed by atoms with E-state index < -0.39 is 12.0 Å². The quantitative estimate of drug-likeness (QED) is 0.615. The summed E-state index contributed by atoms with van der Waals surface area (Å²) >= 11 is 0. The van der Waals surface area contributed by atoms with Gasteiger partial charge < -0.3 is 11.1 Å². The molecule has 0 aromatic carbocycles. The number of nitrogens with one attached hydrogen (secondary N) is 1. The summed E-state index contributed by atoms with van der Waals surface area (Å²) in [6.45, 7) is 0. The first-order valence-electron chi connectivity index (χ1n) is 3.33. The fourth-order valence-corrected chi connectivity index (χ4v) is 0.444. The van der Waals surface area contributed by atoms with Gasteiger partial charge in [-0.05, 0) is 6.42 Å². The van der Waals surface area contributed by atoms with E-state index in [9.17, 15) is 13.6 Å². The summed E-state index contributed by atoms with van der Waals surface area (Å²) in [7, 11) is 1.47. The molecular formula is C6H13ClF2N2O. The van der Waals surface area contributed by atoms with Gasteiger partial charge in [0.1, 0.15) is 0 Å². The molecule has 0 unspecified atom stereocenters. The van der Waals surface area contributed by atoms with Crippen molar-refractivity contribution < 1.29 is 13.6 Å². The zero-order valence-electron chi connectivity index (χ0n) is 6.77. The van der Waals surface area contributed by atoms with Crippen LogP contribution in [0.25, 0.3) is 0 Å². The third-order valence-corrected chi connectivity index (χ3v) is 1.33. The van der Waals surface area contributed by atoms with Gasteiger partial charge in [-0.25, -0.2) is 13.6 Å². The molecule has 0 aliphatic heterocycles. The predicted octanol–water partition coefficient (Wildman–Crippen LogP) is 1.51. The topological polar surface area (TPSA) is 55.1 Å². The maximum atomic E-state index is 11.5. The van der Waals surface area contributed by atoms with Crippen molar-refractivity contribution in [2.24, 2.45) is 5.73 Å². The molecule has 1 rings (SSSR count). The van der Waals surface area contributed by atoms with Crippen LogP contribution >= 0.6 is 12.4 Å². The molecule has 0 atom stereocenters. The second-order valence-electron chi connectivity index (χ2n) is 2.32. The largest absolute Gasteiger partial charge is 0.352 e. The standard InChI is InChI=1S/C4H6F2.C2H6N2O.ClH/c5-4(6)2-1-3-4;1-4-2(3)5;/h1-3H2;1H3,(H3,3,4,5);1H. The average molecular weight is 203 g/mol. The molecule has 0 radical (unpaired) electrons. The first-order chi connectivity index (χ1) is 4.98. The monoisotopic (exact) mass is 202 g/mol. The molecule has 0 saturated heterocycles. The number of carbonyl (C=O) groups is 1. The van der Waals surface area contributed by atoms with Gasteiger partial charge in [0.2, 0.25) is 5.92 Å². The van der Waals surface area contributed by atoms with Crippen molar-refractivity contribution in [3.05, 3.63) is 0 Å². The highest BCUT2D eigenvalue weighted by atomic mass is 35.5. The van der Waals surface area contributed by atoms with E-state index in [1.54, 1.807) is 0 Å². The zero-order chi connectivity index (χ0) is 8.91. The Labute approximate surface area is 76.1 Å². The zero-order valence-corrected chi connectivity index (χ0v) is 7.59. The number of nitrogens with two attached hydrogens (primary N) is 1. The van der Waals surface area contributed by atoms with Crippen LogP contribution in [-0.2, 0) is 0 Å². The maximum absolute atomic E-state index is 11.5. The van der Waals surface area contributed by atoms with Gasteiger partial charge in [0.05, 0.1) is 0 Å². The number of hydrogen-bond donors (Lipinski definition) is 2. The van der Waals surface area contributed by atoms with Crippen molar-refractivity contribution >= 4 is 18.4 Å². The summed E-state index contributed by atoms with van der Waals surface area (Å²) in [6.07, 6.45) is 0.951. The number of halogens is 3. The number of rotatable bonds is 0. The minimum atomic E-state index is -2.28. The summed E-state index contributed by atoms with van der Waals surface area (Å²) < 4.78 is 23.1. The fraction of sp³-hybridized carbons (Fsp3) is 0.833. The Morgan fingerprint density at radius 1 is 1.50 bits per heavy atom. The van der Waals surface area contributed by atoms with Gasteiger partial charge >= 0.3 is 6.03 Å². The Balaban J connectivity index is 0. The molecule has 12 heavy (non-hydrogen) atoms. The number of amides is 2. The molecule has 1 fully saturated rings. The Morgan fingerprint density at radius 3 is 1.75 bits per heavy atom. The maximum Gasteiger partial charge on any atom is 0.311 e. The summed E-state index contributed by atoms with van der Waals surface area (Å²) in [5.74, 6) is -2.28. The van der Waals surface area contributed by atoms with E-state index in [1.807, 2.05) is 0 Å². The lowest BCUT2D eigenvalue weighted by molar-refractivity contribution is -0.0716. The first-order valence-corrected chi connectivity index (χ1v) is 3.33. The van der Waals surface area contributed by atoms with Gasteiger partial charge in [0.15, 0.2) is 0 Å². The van der Waals surface area contributed by atoms with Crippen molar-refractivity contribution in [1.29, 1.82) is 0 Å². The molecule has 3 N–H and O–H groups in total. The molecular weight excluding hydrogens is 190 g/mol. The summed E-state index contributed by atoms with van der Waals surface area (Å²) in [4.78, 5) is 9.48. The average Bonchev–Trinajstić information content (AvgIpc) is 1.86. The van der Waals surface area contributed by atoms with Gasteiger partial charge in [-0.2, -0.15) is 0 Å². The normalized spacial score (nSPS) is 17.2. The smallest absolute Gasteiger partial charge is 0.311 e. The minimum Gasteiger partial charge on any atom is -0.352 e. The molecule has 1 saturated carbocycles. The van der Waals surface area contributed by atoms with Crippen LogP contribution < -0.4 is 11.1 Å². The lowest BCUT2D eigenvalue weighted by Gasteiger charge is -2.23. The molecule has 0 spiro atoms. The van der Waals surface area contributed by atoms with Crippen LogP contribution in [-0.4, -0.2) is 19.0 Å².